The second kappa shape index (κ2) is 11.6. The van der Waals surface area contributed by atoms with Gasteiger partial charge >= 0.3 is 0 Å². The van der Waals surface area contributed by atoms with Crippen LogP contribution in [0.15, 0.2) is 29.2 Å². The third-order valence-electron chi connectivity index (χ3n) is 4.04. The predicted octanol–water partition coefficient (Wildman–Crippen LogP) is 2.70. The number of rotatable bonds is 7. The van der Waals surface area contributed by atoms with Crippen molar-refractivity contribution in [1.82, 2.24) is 10.2 Å². The van der Waals surface area contributed by atoms with E-state index < -0.39 is 0 Å². The van der Waals surface area contributed by atoms with Gasteiger partial charge in [0.05, 0.1) is 10.8 Å². The van der Waals surface area contributed by atoms with Crippen LogP contribution in [0.3, 0.4) is 0 Å². The summed E-state index contributed by atoms with van der Waals surface area (Å²) in [6.07, 6.45) is 3.34. The molecule has 1 saturated heterocycles. The molecular weight excluding hydrogens is 381 g/mol. The average Bonchev–Trinajstić information content (AvgIpc) is 2.59. The minimum atomic E-state index is -0.0547. The van der Waals surface area contributed by atoms with Gasteiger partial charge in [-0.2, -0.15) is 0 Å². The molecule has 1 aliphatic heterocycles. The third-order valence-corrected chi connectivity index (χ3v) is 5.54. The van der Waals surface area contributed by atoms with Gasteiger partial charge in [0, 0.05) is 37.0 Å². The Kier molecular flexibility index (Phi) is 10.3. The lowest BCUT2D eigenvalue weighted by Gasteiger charge is -2.36. The molecule has 140 valence electrons. The molecule has 1 aromatic carbocycles. The Labute approximate surface area is 164 Å². The highest BCUT2D eigenvalue weighted by Crippen LogP contribution is 2.27. The van der Waals surface area contributed by atoms with E-state index in [1.54, 1.807) is 0 Å². The highest BCUT2D eigenvalue weighted by molar-refractivity contribution is 8.00. The standard InChI is InChI=1S/C17H24ClN3O2S.ClH/c18-14-6-1-2-7-15(14)24-12-17(23)21-10-4-3-5-13(21)11-20-16(22)8-9-19;/h1-2,6-7,13H,3-5,8-12,19H2,(H,20,22);1H. The summed E-state index contributed by atoms with van der Waals surface area (Å²) < 4.78 is 0. The minimum absolute atomic E-state index is 0. The van der Waals surface area contributed by atoms with Crippen molar-refractivity contribution in [3.8, 4) is 0 Å². The number of nitrogens with zero attached hydrogens (tertiary/aromatic N) is 1. The maximum atomic E-state index is 12.6. The molecule has 5 nitrogen and oxygen atoms in total. The maximum absolute atomic E-state index is 12.6. The topological polar surface area (TPSA) is 75.4 Å². The summed E-state index contributed by atoms with van der Waals surface area (Å²) in [5.41, 5.74) is 5.38. The van der Waals surface area contributed by atoms with E-state index in [1.807, 2.05) is 29.2 Å². The summed E-state index contributed by atoms with van der Waals surface area (Å²) in [6.45, 7) is 1.59. The summed E-state index contributed by atoms with van der Waals surface area (Å²) >= 11 is 7.59. The summed E-state index contributed by atoms with van der Waals surface area (Å²) in [5, 5.41) is 3.55. The van der Waals surface area contributed by atoms with Gasteiger partial charge in [0.2, 0.25) is 11.8 Å². The number of nitrogens with two attached hydrogens (primary N) is 1. The van der Waals surface area contributed by atoms with Crippen molar-refractivity contribution in [3.05, 3.63) is 29.3 Å². The van der Waals surface area contributed by atoms with Crippen LogP contribution in [0.2, 0.25) is 5.02 Å². The smallest absolute Gasteiger partial charge is 0.233 e. The van der Waals surface area contributed by atoms with Crippen LogP contribution in [0.25, 0.3) is 0 Å². The fraction of sp³-hybridized carbons (Fsp3) is 0.529. The minimum Gasteiger partial charge on any atom is -0.354 e. The molecule has 0 radical (unpaired) electrons. The first-order chi connectivity index (χ1) is 11.6. The lowest BCUT2D eigenvalue weighted by atomic mass is 10.0. The van der Waals surface area contributed by atoms with Crippen molar-refractivity contribution in [2.24, 2.45) is 5.73 Å². The van der Waals surface area contributed by atoms with E-state index in [1.165, 1.54) is 11.8 Å². The van der Waals surface area contributed by atoms with Crippen LogP contribution < -0.4 is 11.1 Å². The van der Waals surface area contributed by atoms with E-state index in [9.17, 15) is 9.59 Å². The molecule has 1 aliphatic rings. The molecule has 8 heteroatoms. The Bertz CT molecular complexity index is 575. The highest BCUT2D eigenvalue weighted by atomic mass is 35.5. The van der Waals surface area contributed by atoms with Gasteiger partial charge in [0.25, 0.3) is 0 Å². The van der Waals surface area contributed by atoms with Crippen LogP contribution >= 0.6 is 35.8 Å². The second-order valence-electron chi connectivity index (χ2n) is 5.80. The zero-order valence-corrected chi connectivity index (χ0v) is 16.5. The van der Waals surface area contributed by atoms with Gasteiger partial charge in [-0.3, -0.25) is 9.59 Å². The monoisotopic (exact) mass is 405 g/mol. The fourth-order valence-corrected chi connectivity index (χ4v) is 3.90. The largest absolute Gasteiger partial charge is 0.354 e. The number of benzene rings is 1. The van der Waals surface area contributed by atoms with Crippen molar-refractivity contribution in [3.63, 3.8) is 0 Å². The Morgan fingerprint density at radius 2 is 2.08 bits per heavy atom. The zero-order chi connectivity index (χ0) is 17.4. The molecule has 2 amide bonds. The molecular formula is C17H25Cl2N3O2S. The van der Waals surface area contributed by atoms with Gasteiger partial charge in [-0.15, -0.1) is 24.2 Å². The Balaban J connectivity index is 0.00000312. The van der Waals surface area contributed by atoms with E-state index in [4.69, 9.17) is 17.3 Å². The summed E-state index contributed by atoms with van der Waals surface area (Å²) in [6, 6.07) is 7.60. The third kappa shape index (κ3) is 7.05. The summed E-state index contributed by atoms with van der Waals surface area (Å²) in [4.78, 5) is 27.0. The van der Waals surface area contributed by atoms with Gasteiger partial charge in [-0.05, 0) is 31.4 Å². The second-order valence-corrected chi connectivity index (χ2v) is 7.22. The normalized spacial score (nSPS) is 16.9. The van der Waals surface area contributed by atoms with Gasteiger partial charge in [-0.1, -0.05) is 23.7 Å². The van der Waals surface area contributed by atoms with Crippen LogP contribution in [0, 0.1) is 0 Å². The van der Waals surface area contributed by atoms with E-state index in [0.717, 1.165) is 30.7 Å². The first-order valence-electron chi connectivity index (χ1n) is 8.25. The molecule has 1 unspecified atom stereocenters. The quantitative estimate of drug-likeness (QED) is 0.683. The fourth-order valence-electron chi connectivity index (χ4n) is 2.78. The number of hydrogen-bond acceptors (Lipinski definition) is 4. The summed E-state index contributed by atoms with van der Waals surface area (Å²) in [5.74, 6) is 0.398. The van der Waals surface area contributed by atoms with Crippen LogP contribution in [-0.2, 0) is 9.59 Å². The van der Waals surface area contributed by atoms with E-state index in [-0.39, 0.29) is 30.3 Å². The lowest BCUT2D eigenvalue weighted by Crippen LogP contribution is -2.50. The van der Waals surface area contributed by atoms with Crippen LogP contribution in [0.4, 0.5) is 0 Å². The number of nitrogens with one attached hydrogen (secondary N) is 1. The lowest BCUT2D eigenvalue weighted by molar-refractivity contribution is -0.132. The molecule has 25 heavy (non-hydrogen) atoms. The van der Waals surface area contributed by atoms with Crippen LogP contribution in [0.1, 0.15) is 25.7 Å². The van der Waals surface area contributed by atoms with E-state index >= 15 is 0 Å². The van der Waals surface area contributed by atoms with Gasteiger partial charge in [-0.25, -0.2) is 0 Å². The van der Waals surface area contributed by atoms with Crippen molar-refractivity contribution >= 4 is 47.6 Å². The SMILES string of the molecule is Cl.NCCC(=O)NCC1CCCCN1C(=O)CSc1ccccc1Cl. The number of carbonyl (C=O) groups excluding carboxylic acids is 2. The van der Waals surface area contributed by atoms with Gasteiger partial charge in [0.1, 0.15) is 0 Å². The van der Waals surface area contributed by atoms with Gasteiger partial charge in [0.15, 0.2) is 0 Å². The zero-order valence-electron chi connectivity index (χ0n) is 14.1. The molecule has 1 heterocycles. The van der Waals surface area contributed by atoms with E-state index in [2.05, 4.69) is 5.32 Å². The van der Waals surface area contributed by atoms with Crippen LogP contribution in [0.5, 0.6) is 0 Å². The predicted molar refractivity (Wildman–Crippen MR) is 105 cm³/mol. The van der Waals surface area contributed by atoms with Crippen molar-refractivity contribution in [1.29, 1.82) is 0 Å². The number of likely N-dealkylation sites (tertiary alicyclic amines) is 1. The Morgan fingerprint density at radius 3 is 2.80 bits per heavy atom. The van der Waals surface area contributed by atoms with Crippen molar-refractivity contribution < 1.29 is 9.59 Å². The van der Waals surface area contributed by atoms with Crippen LogP contribution in [-0.4, -0.2) is 48.1 Å². The molecule has 0 aliphatic carbocycles. The molecule has 2 rings (SSSR count). The Morgan fingerprint density at radius 1 is 1.32 bits per heavy atom. The summed E-state index contributed by atoms with van der Waals surface area (Å²) in [7, 11) is 0. The van der Waals surface area contributed by atoms with Crippen molar-refractivity contribution in [2.45, 2.75) is 36.6 Å². The number of hydrogen-bond donors (Lipinski definition) is 2. The molecule has 0 bridgehead atoms. The number of carbonyl (C=O) groups is 2. The number of amides is 2. The first-order valence-corrected chi connectivity index (χ1v) is 9.61. The average molecular weight is 406 g/mol. The number of thioether (sulfide) groups is 1. The Hall–Kier alpha value is -0.950. The van der Waals surface area contributed by atoms with Gasteiger partial charge < -0.3 is 16.0 Å². The molecule has 1 aromatic rings. The highest BCUT2D eigenvalue weighted by Gasteiger charge is 2.26. The number of piperidine rings is 1. The molecule has 0 spiro atoms. The first kappa shape index (κ1) is 22.1. The molecule has 1 atom stereocenters. The number of halogens is 2. The molecule has 3 N–H and O–H groups in total. The molecule has 0 aromatic heterocycles. The molecule has 1 fully saturated rings. The van der Waals surface area contributed by atoms with Crippen molar-refractivity contribution in [2.75, 3.05) is 25.4 Å². The van der Waals surface area contributed by atoms with E-state index in [0.29, 0.717) is 30.3 Å². The molecule has 0 saturated carbocycles. The maximum Gasteiger partial charge on any atom is 0.233 e.